The molecule has 3 nitrogen and oxygen atoms in total. The fraction of sp³-hybridized carbons (Fsp3) is 0.600. The van der Waals surface area contributed by atoms with E-state index in [-0.39, 0.29) is 0 Å². The summed E-state index contributed by atoms with van der Waals surface area (Å²) in [5.41, 5.74) is 7.28. The molecule has 0 unspecified atom stereocenters. The number of ether oxygens (including phenoxy) is 1. The predicted octanol–water partition coefficient (Wildman–Crippen LogP) is 2.35. The Morgan fingerprint density at radius 2 is 1.89 bits per heavy atom. The Balaban J connectivity index is 1.88. The van der Waals surface area contributed by atoms with E-state index >= 15 is 0 Å². The van der Waals surface area contributed by atoms with Gasteiger partial charge in [0.25, 0.3) is 0 Å². The van der Waals surface area contributed by atoms with Gasteiger partial charge in [-0.25, -0.2) is 0 Å². The van der Waals surface area contributed by atoms with E-state index in [2.05, 4.69) is 23.3 Å². The van der Waals surface area contributed by atoms with Crippen molar-refractivity contribution in [2.24, 2.45) is 5.73 Å². The van der Waals surface area contributed by atoms with E-state index in [9.17, 15) is 0 Å². The largest absolute Gasteiger partial charge is 0.497 e. The van der Waals surface area contributed by atoms with Gasteiger partial charge in [0.1, 0.15) is 5.75 Å². The van der Waals surface area contributed by atoms with Crippen LogP contribution < -0.4 is 10.5 Å². The summed E-state index contributed by atoms with van der Waals surface area (Å²) in [5, 5.41) is 0. The maximum atomic E-state index is 5.93. The molecule has 0 bridgehead atoms. The van der Waals surface area contributed by atoms with Crippen LogP contribution in [0.15, 0.2) is 24.3 Å². The fourth-order valence-electron chi connectivity index (χ4n) is 2.60. The lowest BCUT2D eigenvalue weighted by molar-refractivity contribution is 0.195. The fourth-order valence-corrected chi connectivity index (χ4v) is 3.36. The van der Waals surface area contributed by atoms with Gasteiger partial charge in [-0.2, -0.15) is 11.8 Å². The van der Waals surface area contributed by atoms with Crippen LogP contribution in [0.2, 0.25) is 0 Å². The average molecular weight is 280 g/mol. The molecule has 2 rings (SSSR count). The van der Waals surface area contributed by atoms with Crippen LogP contribution in [0.3, 0.4) is 0 Å². The molecule has 1 heterocycles. The van der Waals surface area contributed by atoms with Gasteiger partial charge in [0.2, 0.25) is 0 Å². The van der Waals surface area contributed by atoms with Gasteiger partial charge in [0, 0.05) is 17.8 Å². The summed E-state index contributed by atoms with van der Waals surface area (Å²) in [5.74, 6) is 0.923. The molecule has 4 heteroatoms. The molecule has 1 aliphatic rings. The van der Waals surface area contributed by atoms with Crippen molar-refractivity contribution in [2.45, 2.75) is 24.1 Å². The minimum absolute atomic E-state index is 0.316. The van der Waals surface area contributed by atoms with Crippen molar-refractivity contribution < 1.29 is 4.74 Å². The normalized spacial score (nSPS) is 19.3. The van der Waals surface area contributed by atoms with Gasteiger partial charge in [0.15, 0.2) is 0 Å². The number of piperidine rings is 1. The summed E-state index contributed by atoms with van der Waals surface area (Å²) < 4.78 is 5.50. The number of thioether (sulfide) groups is 1. The molecule has 0 saturated carbocycles. The number of benzene rings is 1. The molecule has 0 radical (unpaired) electrons. The quantitative estimate of drug-likeness (QED) is 0.898. The van der Waals surface area contributed by atoms with Gasteiger partial charge in [-0.05, 0) is 49.9 Å². The van der Waals surface area contributed by atoms with Gasteiger partial charge >= 0.3 is 0 Å². The van der Waals surface area contributed by atoms with Crippen molar-refractivity contribution in [3.8, 4) is 5.75 Å². The average Bonchev–Trinajstić information content (AvgIpc) is 2.49. The molecule has 0 amide bonds. The van der Waals surface area contributed by atoms with Gasteiger partial charge in [0.05, 0.1) is 7.11 Å². The monoisotopic (exact) mass is 280 g/mol. The highest BCUT2D eigenvalue weighted by Gasteiger charge is 2.32. The number of methoxy groups -OCH3 is 1. The van der Waals surface area contributed by atoms with E-state index in [1.807, 2.05) is 23.9 Å². The van der Waals surface area contributed by atoms with Crippen molar-refractivity contribution in [2.75, 3.05) is 33.0 Å². The molecule has 0 aliphatic carbocycles. The lowest BCUT2D eigenvalue weighted by Crippen LogP contribution is -2.46. The highest BCUT2D eigenvalue weighted by molar-refractivity contribution is 8.00. The predicted molar refractivity (Wildman–Crippen MR) is 82.8 cm³/mol. The van der Waals surface area contributed by atoms with Crippen LogP contribution in [-0.4, -0.2) is 42.6 Å². The molecular formula is C15H24N2OS. The van der Waals surface area contributed by atoms with Crippen LogP contribution in [0.4, 0.5) is 0 Å². The first-order chi connectivity index (χ1) is 9.21. The summed E-state index contributed by atoms with van der Waals surface area (Å²) in [4.78, 5) is 2.52. The Hall–Kier alpha value is -0.710. The van der Waals surface area contributed by atoms with Crippen molar-refractivity contribution >= 4 is 11.8 Å². The van der Waals surface area contributed by atoms with Crippen molar-refractivity contribution in [1.82, 2.24) is 4.90 Å². The lowest BCUT2D eigenvalue weighted by Gasteiger charge is -2.40. The van der Waals surface area contributed by atoms with Gasteiger partial charge in [-0.3, -0.25) is 4.90 Å². The Labute approximate surface area is 120 Å². The number of hydrogen-bond acceptors (Lipinski definition) is 4. The third-order valence-corrected chi connectivity index (χ3v) is 5.58. The molecule has 1 aromatic rings. The Morgan fingerprint density at radius 3 is 2.37 bits per heavy atom. The van der Waals surface area contributed by atoms with Crippen LogP contribution in [0.25, 0.3) is 0 Å². The minimum Gasteiger partial charge on any atom is -0.497 e. The molecule has 1 aliphatic heterocycles. The molecule has 19 heavy (non-hydrogen) atoms. The Morgan fingerprint density at radius 1 is 1.26 bits per heavy atom. The van der Waals surface area contributed by atoms with E-state index in [1.165, 1.54) is 18.4 Å². The number of likely N-dealkylation sites (tertiary alicyclic amines) is 1. The number of nitrogens with zero attached hydrogens (tertiary/aromatic N) is 1. The zero-order valence-electron chi connectivity index (χ0n) is 11.9. The lowest BCUT2D eigenvalue weighted by atomic mass is 9.95. The number of hydrogen-bond donors (Lipinski definition) is 1. The van der Waals surface area contributed by atoms with Crippen LogP contribution in [0.1, 0.15) is 18.4 Å². The van der Waals surface area contributed by atoms with Gasteiger partial charge in [-0.15, -0.1) is 0 Å². The third-order valence-electron chi connectivity index (χ3n) is 4.14. The van der Waals surface area contributed by atoms with Crippen LogP contribution in [0, 0.1) is 0 Å². The third kappa shape index (κ3) is 3.65. The van der Waals surface area contributed by atoms with Crippen molar-refractivity contribution in [1.29, 1.82) is 0 Å². The van der Waals surface area contributed by atoms with E-state index in [0.29, 0.717) is 4.75 Å². The van der Waals surface area contributed by atoms with Gasteiger partial charge in [-0.1, -0.05) is 12.1 Å². The van der Waals surface area contributed by atoms with Crippen LogP contribution >= 0.6 is 11.8 Å². The van der Waals surface area contributed by atoms with Crippen LogP contribution in [0.5, 0.6) is 5.75 Å². The van der Waals surface area contributed by atoms with E-state index in [1.54, 1.807) is 7.11 Å². The first-order valence-electron chi connectivity index (χ1n) is 6.82. The SMILES string of the molecule is COc1ccc(CN2CCC(CN)(SC)CC2)cc1. The Bertz CT molecular complexity index is 380. The van der Waals surface area contributed by atoms with Crippen LogP contribution in [-0.2, 0) is 6.54 Å². The van der Waals surface area contributed by atoms with E-state index in [0.717, 1.165) is 31.9 Å². The number of nitrogens with two attached hydrogens (primary N) is 1. The molecule has 0 atom stereocenters. The highest BCUT2D eigenvalue weighted by Crippen LogP contribution is 2.33. The van der Waals surface area contributed by atoms with E-state index in [4.69, 9.17) is 10.5 Å². The van der Waals surface area contributed by atoms with Gasteiger partial charge < -0.3 is 10.5 Å². The first-order valence-corrected chi connectivity index (χ1v) is 8.04. The highest BCUT2D eigenvalue weighted by atomic mass is 32.2. The second-order valence-corrected chi connectivity index (χ2v) is 6.49. The molecule has 106 valence electrons. The summed E-state index contributed by atoms with van der Waals surface area (Å²) in [6, 6.07) is 8.37. The molecule has 1 fully saturated rings. The van der Waals surface area contributed by atoms with E-state index < -0.39 is 0 Å². The zero-order chi connectivity index (χ0) is 13.7. The second-order valence-electron chi connectivity index (χ2n) is 5.22. The first kappa shape index (κ1) is 14.7. The minimum atomic E-state index is 0.316. The molecule has 0 aromatic heterocycles. The number of rotatable bonds is 5. The maximum absolute atomic E-state index is 5.93. The smallest absolute Gasteiger partial charge is 0.118 e. The summed E-state index contributed by atoms with van der Waals surface area (Å²) in [6.45, 7) is 4.11. The molecule has 1 saturated heterocycles. The topological polar surface area (TPSA) is 38.5 Å². The summed E-state index contributed by atoms with van der Waals surface area (Å²) in [6.07, 6.45) is 4.58. The molecule has 2 N–H and O–H groups in total. The molecular weight excluding hydrogens is 256 g/mol. The summed E-state index contributed by atoms with van der Waals surface area (Å²) in [7, 11) is 1.70. The maximum Gasteiger partial charge on any atom is 0.118 e. The second kappa shape index (κ2) is 6.64. The standard InChI is InChI=1S/C15H24N2OS/c1-18-14-5-3-13(4-6-14)11-17-9-7-15(12-16,19-2)8-10-17/h3-6H,7-12,16H2,1-2H3. The molecule has 1 aromatic carbocycles. The summed E-state index contributed by atoms with van der Waals surface area (Å²) >= 11 is 1.94. The Kier molecular flexibility index (Phi) is 5.13. The zero-order valence-corrected chi connectivity index (χ0v) is 12.7. The van der Waals surface area contributed by atoms with Crippen molar-refractivity contribution in [3.05, 3.63) is 29.8 Å². The molecule has 0 spiro atoms. The van der Waals surface area contributed by atoms with Crippen molar-refractivity contribution in [3.63, 3.8) is 0 Å².